The molecule has 1 fully saturated rings. The maximum atomic E-state index is 9.61. The highest BCUT2D eigenvalue weighted by Gasteiger charge is 2.23. The van der Waals surface area contributed by atoms with E-state index in [1.165, 1.54) is 0 Å². The highest BCUT2D eigenvalue weighted by atomic mass is 32.1. The van der Waals surface area contributed by atoms with Crippen LogP contribution in [0.3, 0.4) is 0 Å². The third-order valence-electron chi connectivity index (χ3n) is 3.83. The van der Waals surface area contributed by atoms with Gasteiger partial charge >= 0.3 is 0 Å². The molecule has 4 nitrogen and oxygen atoms in total. The van der Waals surface area contributed by atoms with Crippen molar-refractivity contribution in [1.29, 1.82) is 0 Å². The molecule has 1 aliphatic heterocycles. The molecule has 1 aromatic rings. The van der Waals surface area contributed by atoms with Crippen LogP contribution in [-0.2, 0) is 6.54 Å². The lowest BCUT2D eigenvalue weighted by Crippen LogP contribution is -2.37. The van der Waals surface area contributed by atoms with Crippen molar-refractivity contribution in [3.63, 3.8) is 0 Å². The zero-order valence-corrected chi connectivity index (χ0v) is 12.1. The number of likely N-dealkylation sites (tertiary alicyclic amines) is 1. The lowest BCUT2D eigenvalue weighted by Gasteiger charge is -2.33. The molecule has 1 unspecified atom stereocenters. The fourth-order valence-electron chi connectivity index (χ4n) is 2.62. The Labute approximate surface area is 119 Å². The minimum atomic E-state index is -0.201. The van der Waals surface area contributed by atoms with Gasteiger partial charge < -0.3 is 10.8 Å². The van der Waals surface area contributed by atoms with Gasteiger partial charge in [0.25, 0.3) is 0 Å². The molecule has 0 spiro atoms. The van der Waals surface area contributed by atoms with Gasteiger partial charge in [-0.05, 0) is 50.4 Å². The topological polar surface area (TPSA) is 62.4 Å². The number of hydrogen-bond acceptors (Lipinski definition) is 4. The van der Waals surface area contributed by atoms with E-state index in [4.69, 9.17) is 18.0 Å². The number of hydrogen-bond donors (Lipinski definition) is 2. The molecular weight excluding hydrogens is 258 g/mol. The zero-order valence-electron chi connectivity index (χ0n) is 11.2. The molecule has 1 atom stereocenters. The standard InChI is InChI=1S/C14H21N3OS/c1-10(18)11-4-7-17(8-5-11)9-12-3-2-6-16-13(12)14(15)19/h2-3,6,10-11,18H,4-5,7-9H2,1H3,(H2,15,19). The van der Waals surface area contributed by atoms with E-state index in [2.05, 4.69) is 9.88 Å². The monoisotopic (exact) mass is 279 g/mol. The molecule has 1 aliphatic rings. The van der Waals surface area contributed by atoms with Crippen LogP contribution < -0.4 is 5.73 Å². The van der Waals surface area contributed by atoms with E-state index >= 15 is 0 Å². The van der Waals surface area contributed by atoms with Crippen molar-refractivity contribution in [2.45, 2.75) is 32.4 Å². The summed E-state index contributed by atoms with van der Waals surface area (Å²) < 4.78 is 0. The van der Waals surface area contributed by atoms with Crippen molar-refractivity contribution in [3.8, 4) is 0 Å². The third kappa shape index (κ3) is 3.72. The minimum absolute atomic E-state index is 0.201. The molecule has 3 N–H and O–H groups in total. The van der Waals surface area contributed by atoms with Gasteiger partial charge in [0, 0.05) is 12.7 Å². The average Bonchev–Trinajstić information content (AvgIpc) is 2.39. The Bertz CT molecular complexity index is 442. The predicted molar refractivity (Wildman–Crippen MR) is 79.8 cm³/mol. The summed E-state index contributed by atoms with van der Waals surface area (Å²) in [6, 6.07) is 3.95. The fourth-order valence-corrected chi connectivity index (χ4v) is 2.81. The lowest BCUT2D eigenvalue weighted by molar-refractivity contribution is 0.0695. The van der Waals surface area contributed by atoms with Gasteiger partial charge in [0.1, 0.15) is 10.7 Å². The van der Waals surface area contributed by atoms with Gasteiger partial charge in [0.05, 0.1) is 6.10 Å². The highest BCUT2D eigenvalue weighted by molar-refractivity contribution is 7.80. The molecule has 104 valence electrons. The fraction of sp³-hybridized carbons (Fsp3) is 0.571. The maximum Gasteiger partial charge on any atom is 0.123 e. The Morgan fingerprint density at radius 2 is 2.26 bits per heavy atom. The van der Waals surface area contributed by atoms with Crippen molar-refractivity contribution in [2.75, 3.05) is 13.1 Å². The van der Waals surface area contributed by atoms with E-state index in [-0.39, 0.29) is 6.10 Å². The van der Waals surface area contributed by atoms with Crippen LogP contribution in [0.2, 0.25) is 0 Å². The molecule has 19 heavy (non-hydrogen) atoms. The summed E-state index contributed by atoms with van der Waals surface area (Å²) in [6.45, 7) is 4.71. The molecule has 0 amide bonds. The first-order valence-corrected chi connectivity index (χ1v) is 7.13. The SMILES string of the molecule is CC(O)C1CCN(Cc2cccnc2C(N)=S)CC1. The summed E-state index contributed by atoms with van der Waals surface area (Å²) in [5.41, 5.74) is 7.52. The van der Waals surface area contributed by atoms with E-state index in [0.29, 0.717) is 10.9 Å². The summed E-state index contributed by atoms with van der Waals surface area (Å²) in [5, 5.41) is 9.61. The van der Waals surface area contributed by atoms with Gasteiger partial charge in [-0.25, -0.2) is 0 Å². The Morgan fingerprint density at radius 3 is 2.84 bits per heavy atom. The van der Waals surface area contributed by atoms with E-state index in [0.717, 1.165) is 43.7 Å². The summed E-state index contributed by atoms with van der Waals surface area (Å²) in [7, 11) is 0. The summed E-state index contributed by atoms with van der Waals surface area (Å²) in [6.07, 6.45) is 3.60. The van der Waals surface area contributed by atoms with Crippen LogP contribution in [0.15, 0.2) is 18.3 Å². The quantitative estimate of drug-likeness (QED) is 0.814. The van der Waals surface area contributed by atoms with E-state index in [9.17, 15) is 5.11 Å². The molecule has 1 saturated heterocycles. The number of aromatic nitrogens is 1. The molecular formula is C14H21N3OS. The Morgan fingerprint density at radius 1 is 1.58 bits per heavy atom. The first-order chi connectivity index (χ1) is 9.08. The number of piperidine rings is 1. The van der Waals surface area contributed by atoms with Crippen LogP contribution in [0.5, 0.6) is 0 Å². The predicted octanol–water partition coefficient (Wildman–Crippen LogP) is 1.31. The van der Waals surface area contributed by atoms with E-state index < -0.39 is 0 Å². The number of thiocarbonyl (C=S) groups is 1. The Kier molecular flexibility index (Phi) is 4.85. The second-order valence-corrected chi connectivity index (χ2v) is 5.67. The number of nitrogens with zero attached hydrogens (tertiary/aromatic N) is 2. The number of pyridine rings is 1. The molecule has 2 heterocycles. The Balaban J connectivity index is 1.98. The summed E-state index contributed by atoms with van der Waals surface area (Å²) in [5.74, 6) is 0.431. The molecule has 0 radical (unpaired) electrons. The van der Waals surface area contributed by atoms with Gasteiger partial charge in [0.15, 0.2) is 0 Å². The third-order valence-corrected chi connectivity index (χ3v) is 4.03. The van der Waals surface area contributed by atoms with Crippen molar-refractivity contribution in [1.82, 2.24) is 9.88 Å². The molecule has 0 aromatic carbocycles. The van der Waals surface area contributed by atoms with Crippen molar-refractivity contribution >= 4 is 17.2 Å². The molecule has 2 rings (SSSR count). The number of aliphatic hydroxyl groups excluding tert-OH is 1. The second-order valence-electron chi connectivity index (χ2n) is 5.23. The van der Waals surface area contributed by atoms with E-state index in [1.807, 2.05) is 19.1 Å². The van der Waals surface area contributed by atoms with Crippen LogP contribution in [0.25, 0.3) is 0 Å². The Hall–Kier alpha value is -1.04. The maximum absolute atomic E-state index is 9.61. The van der Waals surface area contributed by atoms with Crippen LogP contribution in [0, 0.1) is 5.92 Å². The minimum Gasteiger partial charge on any atom is -0.393 e. The van der Waals surface area contributed by atoms with Crippen LogP contribution in [0.4, 0.5) is 0 Å². The van der Waals surface area contributed by atoms with Crippen LogP contribution >= 0.6 is 12.2 Å². The van der Waals surface area contributed by atoms with Gasteiger partial charge in [-0.15, -0.1) is 0 Å². The summed E-state index contributed by atoms with van der Waals surface area (Å²) >= 11 is 5.03. The second kappa shape index (κ2) is 6.41. The molecule has 5 heteroatoms. The molecule has 1 aromatic heterocycles. The molecule has 0 saturated carbocycles. The highest BCUT2D eigenvalue weighted by Crippen LogP contribution is 2.22. The zero-order chi connectivity index (χ0) is 13.8. The van der Waals surface area contributed by atoms with Gasteiger partial charge in [-0.1, -0.05) is 18.3 Å². The smallest absolute Gasteiger partial charge is 0.123 e. The van der Waals surface area contributed by atoms with E-state index in [1.54, 1.807) is 6.20 Å². The summed E-state index contributed by atoms with van der Waals surface area (Å²) in [4.78, 5) is 6.98. The molecule has 0 bridgehead atoms. The normalized spacial score (nSPS) is 19.3. The van der Waals surface area contributed by atoms with Crippen molar-refractivity contribution in [3.05, 3.63) is 29.6 Å². The molecule has 0 aliphatic carbocycles. The van der Waals surface area contributed by atoms with Crippen molar-refractivity contribution in [2.24, 2.45) is 11.7 Å². The number of rotatable bonds is 4. The van der Waals surface area contributed by atoms with Crippen LogP contribution in [-0.4, -0.2) is 39.2 Å². The average molecular weight is 279 g/mol. The first kappa shape index (κ1) is 14.4. The number of nitrogens with two attached hydrogens (primary N) is 1. The largest absolute Gasteiger partial charge is 0.393 e. The van der Waals surface area contributed by atoms with Crippen molar-refractivity contribution < 1.29 is 5.11 Å². The van der Waals surface area contributed by atoms with Gasteiger partial charge in [-0.3, -0.25) is 9.88 Å². The number of aliphatic hydroxyl groups is 1. The lowest BCUT2D eigenvalue weighted by atomic mass is 9.92. The van der Waals surface area contributed by atoms with Crippen LogP contribution in [0.1, 0.15) is 31.0 Å². The van der Waals surface area contributed by atoms with Gasteiger partial charge in [0.2, 0.25) is 0 Å². The first-order valence-electron chi connectivity index (χ1n) is 6.72. The van der Waals surface area contributed by atoms with Gasteiger partial charge in [-0.2, -0.15) is 0 Å².